The zero-order valence-corrected chi connectivity index (χ0v) is 9.60. The monoisotopic (exact) mass is 218 g/mol. The van der Waals surface area contributed by atoms with E-state index in [1.54, 1.807) is 0 Å². The van der Waals surface area contributed by atoms with E-state index in [2.05, 4.69) is 5.92 Å². The molecule has 86 valence electrons. The van der Waals surface area contributed by atoms with Crippen LogP contribution in [0.25, 0.3) is 0 Å². The van der Waals surface area contributed by atoms with Crippen molar-refractivity contribution in [2.45, 2.75) is 26.1 Å². The Morgan fingerprint density at radius 2 is 2.06 bits per heavy atom. The van der Waals surface area contributed by atoms with E-state index in [9.17, 15) is 5.11 Å². The van der Waals surface area contributed by atoms with Gasteiger partial charge in [-0.2, -0.15) is 0 Å². The molecule has 0 radical (unpaired) electrons. The van der Waals surface area contributed by atoms with Crippen LogP contribution in [-0.4, -0.2) is 17.8 Å². The Hall–Kier alpha value is -1.30. The summed E-state index contributed by atoms with van der Waals surface area (Å²) in [4.78, 5) is 0. The van der Waals surface area contributed by atoms with Crippen molar-refractivity contribution in [1.82, 2.24) is 0 Å². The van der Waals surface area contributed by atoms with Crippen LogP contribution in [0.1, 0.15) is 18.9 Å². The van der Waals surface area contributed by atoms with Crippen LogP contribution in [0.15, 0.2) is 30.3 Å². The highest BCUT2D eigenvalue weighted by atomic mass is 16.5. The lowest BCUT2D eigenvalue weighted by Gasteiger charge is -2.13. The first-order valence-electron chi connectivity index (χ1n) is 5.50. The Morgan fingerprint density at radius 3 is 2.69 bits per heavy atom. The normalized spacial score (nSPS) is 14.1. The number of hydrogen-bond donors (Lipinski definition) is 1. The number of ether oxygens (including phenoxy) is 1. The molecule has 16 heavy (non-hydrogen) atoms. The Labute approximate surface area is 97.3 Å². The van der Waals surface area contributed by atoms with E-state index < -0.39 is 6.10 Å². The third-order valence-electron chi connectivity index (χ3n) is 2.51. The fraction of sp³-hybridized carbons (Fsp3) is 0.429. The Balaban J connectivity index is 2.16. The molecule has 0 fully saturated rings. The van der Waals surface area contributed by atoms with E-state index in [1.807, 2.05) is 37.3 Å². The van der Waals surface area contributed by atoms with Crippen molar-refractivity contribution >= 4 is 0 Å². The van der Waals surface area contributed by atoms with Gasteiger partial charge in [-0.1, -0.05) is 30.3 Å². The molecule has 0 saturated carbocycles. The van der Waals surface area contributed by atoms with Gasteiger partial charge in [-0.3, -0.25) is 0 Å². The molecule has 0 spiro atoms. The number of benzene rings is 1. The number of terminal acetylenes is 1. The first-order chi connectivity index (χ1) is 7.74. The Kier molecular flexibility index (Phi) is 5.63. The molecule has 0 aromatic heterocycles. The second kappa shape index (κ2) is 7.05. The summed E-state index contributed by atoms with van der Waals surface area (Å²) in [5.41, 5.74) is 1.14. The standard InChI is InChI=1S/C14H18O2/c1-3-12(2)14(15)9-10-16-11-13-7-5-4-6-8-13/h1,4-8,12,14-15H,9-11H2,2H3/t12-,14+/m1/s1. The molecular formula is C14H18O2. The highest BCUT2D eigenvalue weighted by molar-refractivity contribution is 5.13. The number of rotatable bonds is 6. The van der Waals surface area contributed by atoms with Crippen LogP contribution >= 0.6 is 0 Å². The summed E-state index contributed by atoms with van der Waals surface area (Å²) in [5, 5.41) is 9.59. The lowest BCUT2D eigenvalue weighted by Crippen LogP contribution is -2.18. The average molecular weight is 218 g/mol. The minimum Gasteiger partial charge on any atom is -0.392 e. The summed E-state index contributed by atoms with van der Waals surface area (Å²) >= 11 is 0. The fourth-order valence-corrected chi connectivity index (χ4v) is 1.33. The Morgan fingerprint density at radius 1 is 1.38 bits per heavy atom. The summed E-state index contributed by atoms with van der Waals surface area (Å²) in [6.07, 6.45) is 5.33. The molecule has 0 bridgehead atoms. The number of aliphatic hydroxyl groups is 1. The average Bonchev–Trinajstić information content (AvgIpc) is 2.34. The SMILES string of the molecule is C#C[C@@H](C)[C@@H](O)CCOCc1ccccc1. The molecule has 2 heteroatoms. The fourth-order valence-electron chi connectivity index (χ4n) is 1.33. The smallest absolute Gasteiger partial charge is 0.0716 e. The van der Waals surface area contributed by atoms with E-state index in [0.717, 1.165) is 5.56 Å². The van der Waals surface area contributed by atoms with Crippen molar-refractivity contribution < 1.29 is 9.84 Å². The first-order valence-corrected chi connectivity index (χ1v) is 5.50. The molecule has 2 nitrogen and oxygen atoms in total. The van der Waals surface area contributed by atoms with Gasteiger partial charge in [0, 0.05) is 12.5 Å². The molecule has 0 aliphatic rings. The minimum atomic E-state index is -0.472. The van der Waals surface area contributed by atoms with Crippen molar-refractivity contribution in [1.29, 1.82) is 0 Å². The maximum atomic E-state index is 9.59. The topological polar surface area (TPSA) is 29.5 Å². The summed E-state index contributed by atoms with van der Waals surface area (Å²) in [7, 11) is 0. The van der Waals surface area contributed by atoms with Gasteiger partial charge in [0.15, 0.2) is 0 Å². The third kappa shape index (κ3) is 4.48. The largest absolute Gasteiger partial charge is 0.392 e. The van der Waals surface area contributed by atoms with Gasteiger partial charge < -0.3 is 9.84 Å². The molecule has 2 atom stereocenters. The molecule has 0 amide bonds. The van der Waals surface area contributed by atoms with Crippen LogP contribution in [0, 0.1) is 18.3 Å². The quantitative estimate of drug-likeness (QED) is 0.586. The van der Waals surface area contributed by atoms with E-state index in [1.165, 1.54) is 0 Å². The second-order valence-electron chi connectivity index (χ2n) is 3.85. The number of aliphatic hydroxyl groups excluding tert-OH is 1. The predicted octanol–water partition coefficient (Wildman–Crippen LogP) is 2.22. The van der Waals surface area contributed by atoms with Crippen LogP contribution in [0.2, 0.25) is 0 Å². The van der Waals surface area contributed by atoms with Crippen molar-refractivity contribution in [3.8, 4) is 12.3 Å². The molecule has 0 saturated heterocycles. The van der Waals surface area contributed by atoms with Gasteiger partial charge in [-0.15, -0.1) is 12.3 Å². The first kappa shape index (κ1) is 12.8. The van der Waals surface area contributed by atoms with Crippen LogP contribution < -0.4 is 0 Å². The molecule has 0 aliphatic heterocycles. The minimum absolute atomic E-state index is 0.111. The van der Waals surface area contributed by atoms with Crippen molar-refractivity contribution in [2.75, 3.05) is 6.61 Å². The molecule has 0 unspecified atom stereocenters. The molecular weight excluding hydrogens is 200 g/mol. The summed E-state index contributed by atoms with van der Waals surface area (Å²) in [5.74, 6) is 2.41. The van der Waals surface area contributed by atoms with Crippen molar-refractivity contribution in [2.24, 2.45) is 5.92 Å². The lowest BCUT2D eigenvalue weighted by molar-refractivity contribution is 0.0606. The van der Waals surface area contributed by atoms with Crippen LogP contribution in [0.5, 0.6) is 0 Å². The molecule has 1 rings (SSSR count). The van der Waals surface area contributed by atoms with Crippen LogP contribution in [-0.2, 0) is 11.3 Å². The lowest BCUT2D eigenvalue weighted by atomic mass is 10.0. The Bertz CT molecular complexity index is 326. The molecule has 0 aliphatic carbocycles. The third-order valence-corrected chi connectivity index (χ3v) is 2.51. The van der Waals surface area contributed by atoms with Gasteiger partial charge in [-0.05, 0) is 18.9 Å². The van der Waals surface area contributed by atoms with Gasteiger partial charge in [0.25, 0.3) is 0 Å². The van der Waals surface area contributed by atoms with Gasteiger partial charge in [0.2, 0.25) is 0 Å². The second-order valence-corrected chi connectivity index (χ2v) is 3.85. The highest BCUT2D eigenvalue weighted by Crippen LogP contribution is 2.07. The van der Waals surface area contributed by atoms with Gasteiger partial charge in [0.05, 0.1) is 12.7 Å². The van der Waals surface area contributed by atoms with Gasteiger partial charge >= 0.3 is 0 Å². The van der Waals surface area contributed by atoms with Gasteiger partial charge in [0.1, 0.15) is 0 Å². The van der Waals surface area contributed by atoms with E-state index in [-0.39, 0.29) is 5.92 Å². The summed E-state index contributed by atoms with van der Waals surface area (Å²) in [6, 6.07) is 9.96. The maximum absolute atomic E-state index is 9.59. The predicted molar refractivity (Wildman–Crippen MR) is 64.7 cm³/mol. The van der Waals surface area contributed by atoms with Crippen LogP contribution in [0.4, 0.5) is 0 Å². The van der Waals surface area contributed by atoms with Crippen molar-refractivity contribution in [3.05, 3.63) is 35.9 Å². The molecule has 1 aromatic rings. The molecule has 0 heterocycles. The van der Waals surface area contributed by atoms with E-state index in [0.29, 0.717) is 19.6 Å². The van der Waals surface area contributed by atoms with Gasteiger partial charge in [-0.25, -0.2) is 0 Å². The highest BCUT2D eigenvalue weighted by Gasteiger charge is 2.10. The maximum Gasteiger partial charge on any atom is 0.0716 e. The molecule has 1 N–H and O–H groups in total. The molecule has 1 aromatic carbocycles. The van der Waals surface area contributed by atoms with E-state index >= 15 is 0 Å². The number of hydrogen-bond acceptors (Lipinski definition) is 2. The zero-order chi connectivity index (χ0) is 11.8. The zero-order valence-electron chi connectivity index (χ0n) is 9.60. The summed E-state index contributed by atoms with van der Waals surface area (Å²) in [6.45, 7) is 2.95. The van der Waals surface area contributed by atoms with E-state index in [4.69, 9.17) is 11.2 Å². The van der Waals surface area contributed by atoms with Crippen molar-refractivity contribution in [3.63, 3.8) is 0 Å². The van der Waals surface area contributed by atoms with Crippen LogP contribution in [0.3, 0.4) is 0 Å². The summed E-state index contributed by atoms with van der Waals surface area (Å²) < 4.78 is 5.46.